The number of esters is 1. The van der Waals surface area contributed by atoms with Gasteiger partial charge in [-0.15, -0.1) is 0 Å². The van der Waals surface area contributed by atoms with Gasteiger partial charge in [0.1, 0.15) is 0 Å². The van der Waals surface area contributed by atoms with Crippen molar-refractivity contribution in [2.75, 3.05) is 59.5 Å². The number of hydrogen-bond donors (Lipinski definition) is 1. The quantitative estimate of drug-likeness (QED) is 0.0829. The maximum absolute atomic E-state index is 13.0. The maximum Gasteiger partial charge on any atom is 0.338 e. The second kappa shape index (κ2) is 24.2. The Morgan fingerprint density at radius 3 is 1.06 bits per heavy atom. The predicted octanol–water partition coefficient (Wildman–Crippen LogP) is 8.09. The lowest BCUT2D eigenvalue weighted by atomic mass is 10.0. The number of benzene rings is 6. The summed E-state index contributed by atoms with van der Waals surface area (Å²) in [7, 11) is 1.28. The fourth-order valence-electron chi connectivity index (χ4n) is 8.48. The van der Waals surface area contributed by atoms with E-state index in [0.717, 1.165) is 22.3 Å². The lowest BCUT2D eigenvalue weighted by Gasteiger charge is -2.35. The molecule has 4 amide bonds. The summed E-state index contributed by atoms with van der Waals surface area (Å²) in [6.07, 6.45) is 0.483. The molecule has 362 valence electrons. The number of carboxylic acid groups (broad SMARTS) is 1. The number of rotatable bonds is 14. The summed E-state index contributed by atoms with van der Waals surface area (Å²) in [6, 6.07) is 47.3. The van der Waals surface area contributed by atoms with Crippen molar-refractivity contribution in [3.8, 4) is 22.3 Å². The maximum atomic E-state index is 13.0. The number of carbonyl (C=O) groups is 8. The van der Waals surface area contributed by atoms with Gasteiger partial charge >= 0.3 is 11.9 Å². The van der Waals surface area contributed by atoms with Crippen molar-refractivity contribution in [3.05, 3.63) is 191 Å². The van der Waals surface area contributed by atoms with Crippen LogP contribution in [0.25, 0.3) is 22.3 Å². The number of nitrogens with zero attached hydrogens (tertiary/aromatic N) is 4. The third-order valence-electron chi connectivity index (χ3n) is 12.5. The Labute approximate surface area is 412 Å². The molecular formula is C57H54N4O10. The van der Waals surface area contributed by atoms with Crippen molar-refractivity contribution in [2.24, 2.45) is 0 Å². The van der Waals surface area contributed by atoms with Gasteiger partial charge in [0.25, 0.3) is 11.8 Å². The van der Waals surface area contributed by atoms with Crippen molar-refractivity contribution in [1.29, 1.82) is 0 Å². The molecule has 2 fully saturated rings. The van der Waals surface area contributed by atoms with Crippen molar-refractivity contribution >= 4 is 47.1 Å². The highest BCUT2D eigenvalue weighted by molar-refractivity contribution is 6.06. The minimum atomic E-state index is -1.15. The zero-order valence-corrected chi connectivity index (χ0v) is 39.4. The molecule has 14 heteroatoms. The van der Waals surface area contributed by atoms with Crippen LogP contribution in [0.15, 0.2) is 158 Å². The Bertz CT molecular complexity index is 2870. The largest absolute Gasteiger partial charge is 0.478 e. The fourth-order valence-corrected chi connectivity index (χ4v) is 8.48. The Hall–Kier alpha value is -8.52. The smallest absolute Gasteiger partial charge is 0.338 e. The summed E-state index contributed by atoms with van der Waals surface area (Å²) in [5, 5.41) is 9.33. The highest BCUT2D eigenvalue weighted by Crippen LogP contribution is 2.23. The van der Waals surface area contributed by atoms with E-state index in [1.807, 2.05) is 84.9 Å². The molecule has 0 aromatic heterocycles. The Kier molecular flexibility index (Phi) is 17.1. The average molecular weight is 955 g/mol. The van der Waals surface area contributed by atoms with Crippen LogP contribution in [0.3, 0.4) is 0 Å². The molecule has 0 unspecified atom stereocenters. The van der Waals surface area contributed by atoms with Gasteiger partial charge in [-0.1, -0.05) is 133 Å². The molecule has 6 aromatic carbocycles. The molecule has 2 aliphatic rings. The van der Waals surface area contributed by atoms with E-state index in [9.17, 15) is 43.5 Å². The number of carbonyl (C=O) groups excluding carboxylic acids is 7. The van der Waals surface area contributed by atoms with Gasteiger partial charge in [0.2, 0.25) is 11.8 Å². The molecule has 2 heterocycles. The Morgan fingerprint density at radius 1 is 0.380 bits per heavy atom. The van der Waals surface area contributed by atoms with E-state index in [1.54, 1.807) is 80.3 Å². The monoisotopic (exact) mass is 954 g/mol. The molecule has 71 heavy (non-hydrogen) atoms. The van der Waals surface area contributed by atoms with Crippen molar-refractivity contribution in [1.82, 2.24) is 19.6 Å². The predicted molar refractivity (Wildman–Crippen MR) is 267 cm³/mol. The highest BCUT2D eigenvalue weighted by atomic mass is 16.5. The second-order valence-corrected chi connectivity index (χ2v) is 17.0. The molecular weight excluding hydrogens is 901 g/mol. The first-order valence-corrected chi connectivity index (χ1v) is 23.4. The number of carboxylic acids is 1. The number of ether oxygens (including phenoxy) is 1. The summed E-state index contributed by atoms with van der Waals surface area (Å²) in [6.45, 7) is 2.79. The van der Waals surface area contributed by atoms with Gasteiger partial charge in [-0.05, 0) is 46.5 Å². The van der Waals surface area contributed by atoms with E-state index in [-0.39, 0.29) is 83.1 Å². The number of piperazine rings is 2. The van der Waals surface area contributed by atoms with Gasteiger partial charge < -0.3 is 29.4 Å². The molecule has 0 atom stereocenters. The van der Waals surface area contributed by atoms with E-state index in [0.29, 0.717) is 63.5 Å². The van der Waals surface area contributed by atoms with Crippen molar-refractivity contribution in [3.63, 3.8) is 0 Å². The number of hydrogen-bond acceptors (Lipinski definition) is 9. The summed E-state index contributed by atoms with van der Waals surface area (Å²) < 4.78 is 4.78. The first kappa shape index (κ1) is 50.4. The average Bonchev–Trinajstić information content (AvgIpc) is 3.43. The molecule has 0 aliphatic carbocycles. The number of ketones is 2. The molecule has 8 rings (SSSR count). The number of aromatic carboxylic acids is 1. The van der Waals surface area contributed by atoms with Gasteiger partial charge in [0.05, 0.1) is 29.4 Å². The third-order valence-corrected chi connectivity index (χ3v) is 12.5. The van der Waals surface area contributed by atoms with E-state index in [1.165, 1.54) is 19.2 Å². The summed E-state index contributed by atoms with van der Waals surface area (Å²) in [5.74, 6) is -2.73. The fraction of sp³-hybridized carbons (Fsp3) is 0.228. The van der Waals surface area contributed by atoms with Crippen LogP contribution in [0.5, 0.6) is 0 Å². The molecule has 6 aromatic rings. The summed E-state index contributed by atoms with van der Waals surface area (Å²) in [4.78, 5) is 106. The van der Waals surface area contributed by atoms with E-state index < -0.39 is 11.9 Å². The van der Waals surface area contributed by atoms with E-state index in [4.69, 9.17) is 4.74 Å². The summed E-state index contributed by atoms with van der Waals surface area (Å²) in [5.41, 5.74) is 5.99. The Morgan fingerprint density at radius 2 is 0.690 bits per heavy atom. The first-order chi connectivity index (χ1) is 34.4. The van der Waals surface area contributed by atoms with Crippen LogP contribution in [0.1, 0.15) is 87.8 Å². The van der Waals surface area contributed by atoms with Gasteiger partial charge in [-0.3, -0.25) is 28.8 Å². The van der Waals surface area contributed by atoms with Crippen LogP contribution in [-0.2, 0) is 14.3 Å². The number of methoxy groups -OCH3 is 1. The molecule has 2 saturated heterocycles. The van der Waals surface area contributed by atoms with Crippen LogP contribution in [0.4, 0.5) is 0 Å². The van der Waals surface area contributed by atoms with Crippen LogP contribution >= 0.6 is 0 Å². The molecule has 0 bridgehead atoms. The van der Waals surface area contributed by atoms with Crippen LogP contribution in [0, 0.1) is 0 Å². The number of Topliss-reactive ketones (excluding diaryl/α,β-unsaturated/α-hetero) is 2. The third kappa shape index (κ3) is 13.0. The van der Waals surface area contributed by atoms with Crippen LogP contribution in [0.2, 0.25) is 0 Å². The SMILES string of the molecule is COC(=O)c1ccccc1C(=O)N1CCN(C(=O)CCC(=O)c2ccc(-c3ccccc3)cc2)CC1.O=C(CCC(=O)N1CCN(C(=O)c2ccccc2C(=O)O)CC1)c1ccc(-c2ccccc2)cc1. The molecule has 0 radical (unpaired) electrons. The van der Waals surface area contributed by atoms with Gasteiger partial charge in [0.15, 0.2) is 11.6 Å². The van der Waals surface area contributed by atoms with Crippen molar-refractivity contribution < 1.29 is 48.2 Å². The lowest BCUT2D eigenvalue weighted by molar-refractivity contribution is -0.133. The lowest BCUT2D eigenvalue weighted by Crippen LogP contribution is -2.50. The highest BCUT2D eigenvalue weighted by Gasteiger charge is 2.29. The minimum absolute atomic E-state index is 0.0358. The summed E-state index contributed by atoms with van der Waals surface area (Å²) >= 11 is 0. The molecule has 2 aliphatic heterocycles. The Balaban J connectivity index is 0.000000209. The second-order valence-electron chi connectivity index (χ2n) is 17.0. The standard InChI is InChI=1S/C29H28N2O5.C28H26N2O5/c1-36-29(35)25-10-6-5-9-24(25)28(34)31-19-17-30(18-20-31)27(33)16-15-26(32)23-13-11-22(12-14-23)21-7-3-2-4-8-21;31-25(22-12-10-21(11-13-22)20-6-2-1-3-7-20)14-15-26(32)29-16-18-30(19-17-29)27(33)23-8-4-5-9-24(23)28(34)35/h2-14H,15-20H2,1H3;1-13H,14-19H2,(H,34,35). The molecule has 0 spiro atoms. The van der Waals surface area contributed by atoms with Gasteiger partial charge in [-0.2, -0.15) is 0 Å². The minimum Gasteiger partial charge on any atom is -0.478 e. The zero-order valence-electron chi connectivity index (χ0n) is 39.4. The molecule has 14 nitrogen and oxygen atoms in total. The van der Waals surface area contributed by atoms with Crippen LogP contribution in [-0.4, -0.2) is 131 Å². The topological polar surface area (TPSA) is 179 Å². The first-order valence-electron chi connectivity index (χ1n) is 23.4. The molecule has 0 saturated carbocycles. The van der Waals surface area contributed by atoms with Gasteiger partial charge in [-0.25, -0.2) is 9.59 Å². The van der Waals surface area contributed by atoms with E-state index in [2.05, 4.69) is 0 Å². The van der Waals surface area contributed by atoms with Gasteiger partial charge in [0, 0.05) is 89.2 Å². The molecule has 1 N–H and O–H groups in total. The number of amides is 4. The normalized spacial score (nSPS) is 13.3. The zero-order chi connectivity index (χ0) is 50.3. The van der Waals surface area contributed by atoms with Crippen molar-refractivity contribution in [2.45, 2.75) is 25.7 Å². The van der Waals surface area contributed by atoms with Crippen LogP contribution < -0.4 is 0 Å². The van der Waals surface area contributed by atoms with E-state index >= 15 is 0 Å².